The fourth-order valence-electron chi connectivity index (χ4n) is 1.36. The van der Waals surface area contributed by atoms with Crippen LogP contribution in [0.3, 0.4) is 0 Å². The maximum Gasteiger partial charge on any atom is 0.225 e. The van der Waals surface area contributed by atoms with Gasteiger partial charge in [0.2, 0.25) is 8.63 Å². The van der Waals surface area contributed by atoms with Crippen LogP contribution in [0.2, 0.25) is 0 Å². The Morgan fingerprint density at radius 2 is 2.21 bits per heavy atom. The van der Waals surface area contributed by atoms with Crippen LogP contribution in [0.4, 0.5) is 0 Å². The molecule has 0 bridgehead atoms. The molecule has 1 atom stereocenters. The molecule has 0 heterocycles. The molecular weight excluding hydrogens is 199 g/mol. The van der Waals surface area contributed by atoms with Crippen molar-refractivity contribution >= 4 is 19.4 Å². The Labute approximate surface area is 83.5 Å². The lowest BCUT2D eigenvalue weighted by atomic mass is 10.1. The number of rotatable bonds is 2. The first-order valence-electron chi connectivity index (χ1n) is 4.57. The highest BCUT2D eigenvalue weighted by Gasteiger charge is 1.99. The Morgan fingerprint density at radius 3 is 3.00 bits per heavy atom. The summed E-state index contributed by atoms with van der Waals surface area (Å²) >= 11 is 0. The molecule has 14 heavy (non-hydrogen) atoms. The molecule has 1 unspecified atom stereocenters. The van der Waals surface area contributed by atoms with Crippen LogP contribution >= 0.6 is 8.63 Å². The van der Waals surface area contributed by atoms with Crippen molar-refractivity contribution in [3.63, 3.8) is 0 Å². The van der Waals surface area contributed by atoms with Gasteiger partial charge in [-0.3, -0.25) is 4.57 Å². The van der Waals surface area contributed by atoms with Gasteiger partial charge >= 0.3 is 0 Å². The van der Waals surface area contributed by atoms with Gasteiger partial charge in [0.25, 0.3) is 0 Å². The van der Waals surface area contributed by atoms with Crippen molar-refractivity contribution < 1.29 is 14.2 Å². The van der Waals surface area contributed by atoms with Crippen molar-refractivity contribution in [2.75, 3.05) is 0 Å². The summed E-state index contributed by atoms with van der Waals surface area (Å²) in [5, 5.41) is 11.0. The molecule has 2 rings (SSSR count). The number of fused-ring (bicyclic) bond motifs is 1. The molecule has 0 amide bonds. The molecule has 0 aliphatic carbocycles. The lowest BCUT2D eigenvalue weighted by Gasteiger charge is -2.02. The Balaban J connectivity index is 2.52. The van der Waals surface area contributed by atoms with E-state index in [9.17, 15) is 9.67 Å². The van der Waals surface area contributed by atoms with E-state index in [0.717, 1.165) is 5.39 Å². The van der Waals surface area contributed by atoms with Gasteiger partial charge in [-0.2, -0.15) is 0 Å². The first-order valence-corrected chi connectivity index (χ1v) is 4.88. The van der Waals surface area contributed by atoms with E-state index in [4.69, 9.17) is 5.80 Å². The highest BCUT2D eigenvalue weighted by Crippen LogP contribution is 2.28. The quantitative estimate of drug-likeness (QED) is 0.773. The highest BCUT2D eigenvalue weighted by atomic mass is 31.1. The van der Waals surface area contributed by atoms with Crippen molar-refractivity contribution in [3.05, 3.63) is 36.4 Å². The highest BCUT2D eigenvalue weighted by molar-refractivity contribution is 7.17. The smallest absolute Gasteiger partial charge is 0.225 e. The van der Waals surface area contributed by atoms with E-state index in [1.54, 1.807) is 30.3 Å². The number of phenolic OH excluding ortho intramolecular Hbond substituents is 1. The average Bonchev–Trinajstić information content (AvgIpc) is 2.17. The molecule has 0 aliphatic heterocycles. The number of hydrogen-bond donors (Lipinski definition) is 1. The van der Waals surface area contributed by atoms with Crippen LogP contribution in [0, 0.1) is 0 Å². The van der Waals surface area contributed by atoms with Gasteiger partial charge < -0.3 is 9.63 Å². The van der Waals surface area contributed by atoms with Crippen LogP contribution in [0.5, 0.6) is 11.5 Å². The summed E-state index contributed by atoms with van der Waals surface area (Å²) in [4.78, 5) is 0. The second-order valence-corrected chi connectivity index (χ2v) is 3.22. The lowest BCUT2D eigenvalue weighted by molar-refractivity contribution is 0.481. The van der Waals surface area contributed by atoms with Gasteiger partial charge in [0, 0.05) is 5.39 Å². The molecule has 0 aromatic heterocycles. The number of hydrogen-bond acceptors (Lipinski definition) is 3. The third-order valence-electron chi connectivity index (χ3n) is 1.99. The normalized spacial score (nSPS) is 13.6. The van der Waals surface area contributed by atoms with Gasteiger partial charge in [-0.25, -0.2) is 0 Å². The summed E-state index contributed by atoms with van der Waals surface area (Å²) in [6.45, 7) is 0. The Hall–Kier alpha value is -1.47. The maximum absolute atomic E-state index is 10.6. The fourth-order valence-corrected chi connectivity index (χ4v) is 1.58. The topological polar surface area (TPSA) is 46.5 Å². The minimum absolute atomic E-state index is 0.192. The van der Waals surface area contributed by atoms with Gasteiger partial charge in [0.15, 0.2) is 0 Å². The molecule has 1 N–H and O–H groups in total. The van der Waals surface area contributed by atoms with Crippen molar-refractivity contribution in [1.82, 2.24) is 0 Å². The molecule has 0 radical (unpaired) electrons. The van der Waals surface area contributed by atoms with E-state index in [0.29, 0.717) is 11.1 Å². The van der Waals surface area contributed by atoms with Crippen molar-refractivity contribution in [2.45, 2.75) is 0 Å². The van der Waals surface area contributed by atoms with Crippen LogP contribution in [0.1, 0.15) is 0 Å². The van der Waals surface area contributed by atoms with Gasteiger partial charge in [0.1, 0.15) is 12.8 Å². The molecule has 0 fully saturated rings. The molecule has 2 aromatic carbocycles. The van der Waals surface area contributed by atoms with E-state index in [1.165, 1.54) is 0 Å². The van der Waals surface area contributed by atoms with Gasteiger partial charge in [-0.1, -0.05) is 12.1 Å². The summed E-state index contributed by atoms with van der Waals surface area (Å²) < 4.78 is 22.2. The minimum Gasteiger partial charge on any atom is -0.507 e. The first kappa shape index (κ1) is 7.89. The summed E-state index contributed by atoms with van der Waals surface area (Å²) in [7, 11) is -2.73. The predicted molar refractivity (Wildman–Crippen MR) is 56.6 cm³/mol. The van der Waals surface area contributed by atoms with Gasteiger partial charge in [-0.15, -0.1) is 0 Å². The van der Waals surface area contributed by atoms with Crippen molar-refractivity contribution in [2.24, 2.45) is 0 Å². The molecule has 2 aromatic rings. The Morgan fingerprint density at radius 1 is 1.36 bits per heavy atom. The summed E-state index contributed by atoms with van der Waals surface area (Å²) in [6.07, 6.45) is 0. The third-order valence-corrected chi connectivity index (χ3v) is 2.31. The fraction of sp³-hybridized carbons (Fsp3) is 0. The lowest BCUT2D eigenvalue weighted by Crippen LogP contribution is -1.77. The van der Waals surface area contributed by atoms with Gasteiger partial charge in [-0.05, 0) is 29.7 Å². The van der Waals surface area contributed by atoms with Crippen LogP contribution < -0.4 is 4.52 Å². The first-order chi connectivity index (χ1) is 7.16. The SMILES string of the molecule is [2H][PH](=O)Oc1ccc2c(O)cccc2c1. The van der Waals surface area contributed by atoms with E-state index >= 15 is 0 Å². The third kappa shape index (κ3) is 1.59. The van der Waals surface area contributed by atoms with Crippen molar-refractivity contribution in [3.8, 4) is 11.5 Å². The summed E-state index contributed by atoms with van der Waals surface area (Å²) in [6, 6.07) is 10.0. The minimum atomic E-state index is -2.73. The summed E-state index contributed by atoms with van der Waals surface area (Å²) in [5.41, 5.74) is 0. The standard InChI is InChI=1S/C10H9O3P/c11-10-3-1-2-7-6-8(13-14-12)4-5-9(7)10/h1-6,11H,14H2/i14D. The monoisotopic (exact) mass is 209 g/mol. The van der Waals surface area contributed by atoms with Crippen molar-refractivity contribution in [1.29, 1.82) is 1.28 Å². The zero-order valence-electron chi connectivity index (χ0n) is 8.23. The van der Waals surface area contributed by atoms with Crippen LogP contribution in [-0.2, 0) is 4.57 Å². The number of benzene rings is 2. The van der Waals surface area contributed by atoms with Crippen LogP contribution in [0.15, 0.2) is 36.4 Å². The van der Waals surface area contributed by atoms with E-state index in [-0.39, 0.29) is 5.75 Å². The van der Waals surface area contributed by atoms with Gasteiger partial charge in [0.05, 0.1) is 0 Å². The second-order valence-electron chi connectivity index (χ2n) is 2.85. The molecule has 0 saturated heterocycles. The Bertz CT molecular complexity index is 527. The number of aromatic hydroxyl groups is 1. The number of phenols is 1. The largest absolute Gasteiger partial charge is 0.507 e. The Kier molecular flexibility index (Phi) is 2.10. The van der Waals surface area contributed by atoms with E-state index < -0.39 is 8.63 Å². The van der Waals surface area contributed by atoms with Crippen LogP contribution in [-0.4, -0.2) is 6.39 Å². The molecule has 3 nitrogen and oxygen atoms in total. The average molecular weight is 209 g/mol. The molecular formula is C10H9O3P. The zero-order chi connectivity index (χ0) is 10.8. The molecule has 0 aliphatic rings. The predicted octanol–water partition coefficient (Wildman–Crippen LogP) is 2.60. The van der Waals surface area contributed by atoms with E-state index in [1.807, 2.05) is 6.07 Å². The molecule has 4 heteroatoms. The molecule has 0 saturated carbocycles. The summed E-state index contributed by atoms with van der Waals surface area (Å²) in [5.74, 6) is 0.574. The molecule has 0 spiro atoms. The zero-order valence-corrected chi connectivity index (χ0v) is 8.23. The maximum atomic E-state index is 10.6. The molecule has 72 valence electrons. The van der Waals surface area contributed by atoms with Crippen LogP contribution in [0.25, 0.3) is 10.8 Å². The second kappa shape index (κ2) is 3.72. The van der Waals surface area contributed by atoms with E-state index in [2.05, 4.69) is 0 Å².